The maximum absolute atomic E-state index is 12.2. The molecule has 7 nitrogen and oxygen atoms in total. The van der Waals surface area contributed by atoms with Crippen LogP contribution in [0.4, 0.5) is 4.79 Å². The Labute approximate surface area is 158 Å². The van der Waals surface area contributed by atoms with E-state index in [1.807, 2.05) is 40.0 Å². The molecule has 0 fully saturated rings. The van der Waals surface area contributed by atoms with Gasteiger partial charge in [-0.2, -0.15) is 5.10 Å². The number of amides is 1. The predicted molar refractivity (Wildman–Crippen MR) is 102 cm³/mol. The summed E-state index contributed by atoms with van der Waals surface area (Å²) in [4.78, 5) is 25.7. The maximum atomic E-state index is 12.2. The highest BCUT2D eigenvalue weighted by molar-refractivity contribution is 5.97. The van der Waals surface area contributed by atoms with E-state index in [1.165, 1.54) is 7.11 Å². The zero-order chi connectivity index (χ0) is 19.8. The molecule has 144 valence electrons. The second kappa shape index (κ2) is 7.06. The molecule has 0 bridgehead atoms. The van der Waals surface area contributed by atoms with Crippen molar-refractivity contribution < 1.29 is 19.1 Å². The quantitative estimate of drug-likeness (QED) is 0.757. The highest BCUT2D eigenvalue weighted by atomic mass is 16.6. The standard InChI is InChI=1S/C20H25N3O4/c1-20(2,3)27-19(25)23-10-8-13(9-11-23)17-15-7-6-14(18(24)26-5)12-16(15)22(4)21-17/h6-8,12H,9-11H2,1-5H3. The highest BCUT2D eigenvalue weighted by Gasteiger charge is 2.25. The number of aromatic nitrogens is 2. The molecule has 0 aliphatic carbocycles. The molecule has 27 heavy (non-hydrogen) atoms. The molecule has 7 heteroatoms. The highest BCUT2D eigenvalue weighted by Crippen LogP contribution is 2.29. The summed E-state index contributed by atoms with van der Waals surface area (Å²) in [6, 6.07) is 5.43. The van der Waals surface area contributed by atoms with Crippen LogP contribution in [0.15, 0.2) is 24.3 Å². The van der Waals surface area contributed by atoms with Gasteiger partial charge in [0.2, 0.25) is 0 Å². The fourth-order valence-electron chi connectivity index (χ4n) is 3.12. The summed E-state index contributed by atoms with van der Waals surface area (Å²) in [6.45, 7) is 6.65. The van der Waals surface area contributed by atoms with E-state index in [2.05, 4.69) is 5.10 Å². The summed E-state index contributed by atoms with van der Waals surface area (Å²) >= 11 is 0. The number of rotatable bonds is 2. The average molecular weight is 371 g/mol. The normalized spacial score (nSPS) is 14.9. The van der Waals surface area contributed by atoms with Crippen LogP contribution in [0.5, 0.6) is 0 Å². The van der Waals surface area contributed by atoms with Crippen molar-refractivity contribution in [3.8, 4) is 0 Å². The maximum Gasteiger partial charge on any atom is 0.410 e. The Balaban J connectivity index is 1.84. The summed E-state index contributed by atoms with van der Waals surface area (Å²) in [7, 11) is 3.22. The van der Waals surface area contributed by atoms with Gasteiger partial charge in [0.15, 0.2) is 0 Å². The van der Waals surface area contributed by atoms with Crippen LogP contribution in [0.3, 0.4) is 0 Å². The van der Waals surface area contributed by atoms with E-state index in [4.69, 9.17) is 9.47 Å². The number of fused-ring (bicyclic) bond motifs is 1. The number of hydrogen-bond acceptors (Lipinski definition) is 5. The number of methoxy groups -OCH3 is 1. The van der Waals surface area contributed by atoms with Crippen LogP contribution >= 0.6 is 0 Å². The molecule has 0 radical (unpaired) electrons. The monoisotopic (exact) mass is 371 g/mol. The number of carbonyl (C=O) groups is 2. The van der Waals surface area contributed by atoms with Crippen LogP contribution in [-0.4, -0.2) is 52.5 Å². The number of hydrogen-bond donors (Lipinski definition) is 0. The molecule has 1 aliphatic heterocycles. The van der Waals surface area contributed by atoms with Gasteiger partial charge < -0.3 is 14.4 Å². The van der Waals surface area contributed by atoms with E-state index in [1.54, 1.807) is 21.7 Å². The Kier molecular flexibility index (Phi) is 4.95. The molecule has 2 aromatic rings. The predicted octanol–water partition coefficient (Wildman–Crippen LogP) is 3.38. The number of nitrogens with zero attached hydrogens (tertiary/aromatic N) is 3. The topological polar surface area (TPSA) is 73.7 Å². The van der Waals surface area contributed by atoms with Crippen molar-refractivity contribution in [2.75, 3.05) is 20.2 Å². The van der Waals surface area contributed by atoms with Crippen LogP contribution in [0.1, 0.15) is 43.2 Å². The molecule has 1 aromatic heterocycles. The minimum atomic E-state index is -0.504. The van der Waals surface area contributed by atoms with Crippen molar-refractivity contribution >= 4 is 28.5 Å². The lowest BCUT2D eigenvalue weighted by molar-refractivity contribution is 0.0270. The Hall–Kier alpha value is -2.83. The van der Waals surface area contributed by atoms with Crippen molar-refractivity contribution in [2.24, 2.45) is 7.05 Å². The van der Waals surface area contributed by atoms with Gasteiger partial charge in [-0.1, -0.05) is 6.08 Å². The van der Waals surface area contributed by atoms with E-state index < -0.39 is 5.60 Å². The van der Waals surface area contributed by atoms with Crippen molar-refractivity contribution in [3.05, 3.63) is 35.5 Å². The Morgan fingerprint density at radius 3 is 2.56 bits per heavy atom. The van der Waals surface area contributed by atoms with Gasteiger partial charge in [0.05, 0.1) is 23.9 Å². The number of esters is 1. The van der Waals surface area contributed by atoms with Gasteiger partial charge in [0.25, 0.3) is 0 Å². The Morgan fingerprint density at radius 1 is 1.22 bits per heavy atom. The average Bonchev–Trinajstić information content (AvgIpc) is 2.96. The number of ether oxygens (including phenoxy) is 2. The van der Waals surface area contributed by atoms with Gasteiger partial charge in [-0.15, -0.1) is 0 Å². The lowest BCUT2D eigenvalue weighted by Gasteiger charge is -2.29. The second-order valence-corrected chi connectivity index (χ2v) is 7.60. The minimum Gasteiger partial charge on any atom is -0.465 e. The van der Waals surface area contributed by atoms with Crippen LogP contribution in [0.2, 0.25) is 0 Å². The lowest BCUT2D eigenvalue weighted by Crippen LogP contribution is -2.39. The summed E-state index contributed by atoms with van der Waals surface area (Å²) in [5.41, 5.74) is 2.82. The number of carbonyl (C=O) groups excluding carboxylic acids is 2. The van der Waals surface area contributed by atoms with Crippen LogP contribution < -0.4 is 0 Å². The third kappa shape index (κ3) is 3.97. The van der Waals surface area contributed by atoms with Crippen molar-refractivity contribution in [1.29, 1.82) is 0 Å². The first-order chi connectivity index (χ1) is 12.7. The van der Waals surface area contributed by atoms with Gasteiger partial charge in [0.1, 0.15) is 5.60 Å². The van der Waals surface area contributed by atoms with E-state index in [0.29, 0.717) is 25.1 Å². The Bertz CT molecular complexity index is 921. The molecule has 0 saturated carbocycles. The van der Waals surface area contributed by atoms with Crippen LogP contribution in [-0.2, 0) is 16.5 Å². The van der Waals surface area contributed by atoms with Crippen LogP contribution in [0, 0.1) is 0 Å². The summed E-state index contributed by atoms with van der Waals surface area (Å²) in [6.07, 6.45) is 2.42. The molecule has 1 amide bonds. The van der Waals surface area contributed by atoms with E-state index in [9.17, 15) is 9.59 Å². The summed E-state index contributed by atoms with van der Waals surface area (Å²) < 4.78 is 12.0. The first kappa shape index (κ1) is 18.9. The van der Waals surface area contributed by atoms with E-state index in [0.717, 1.165) is 22.2 Å². The summed E-state index contributed by atoms with van der Waals surface area (Å²) in [5.74, 6) is -0.371. The molecular formula is C20H25N3O4. The number of benzene rings is 1. The largest absolute Gasteiger partial charge is 0.465 e. The molecule has 0 unspecified atom stereocenters. The number of aryl methyl sites for hydroxylation is 1. The molecule has 1 aliphatic rings. The minimum absolute atomic E-state index is 0.300. The van der Waals surface area contributed by atoms with Gasteiger partial charge in [0, 0.05) is 25.5 Å². The molecule has 0 atom stereocenters. The van der Waals surface area contributed by atoms with Gasteiger partial charge in [-0.3, -0.25) is 4.68 Å². The molecule has 0 spiro atoms. The molecule has 1 aromatic carbocycles. The van der Waals surface area contributed by atoms with Crippen molar-refractivity contribution in [2.45, 2.75) is 32.8 Å². The smallest absolute Gasteiger partial charge is 0.410 e. The lowest BCUT2D eigenvalue weighted by atomic mass is 10.0. The molecule has 0 N–H and O–H groups in total. The second-order valence-electron chi connectivity index (χ2n) is 7.60. The fourth-order valence-corrected chi connectivity index (χ4v) is 3.12. The SMILES string of the molecule is COC(=O)c1ccc2c(C3=CCN(C(=O)OC(C)(C)C)CC3)nn(C)c2c1. The third-order valence-corrected chi connectivity index (χ3v) is 4.44. The van der Waals surface area contributed by atoms with Crippen molar-refractivity contribution in [1.82, 2.24) is 14.7 Å². The first-order valence-corrected chi connectivity index (χ1v) is 8.92. The molecule has 3 rings (SSSR count). The first-order valence-electron chi connectivity index (χ1n) is 8.92. The van der Waals surface area contributed by atoms with Gasteiger partial charge in [-0.05, 0) is 51.0 Å². The zero-order valence-corrected chi connectivity index (χ0v) is 16.4. The third-order valence-electron chi connectivity index (χ3n) is 4.44. The van der Waals surface area contributed by atoms with E-state index >= 15 is 0 Å². The Morgan fingerprint density at radius 2 is 1.96 bits per heavy atom. The summed E-state index contributed by atoms with van der Waals surface area (Å²) in [5, 5.41) is 5.60. The van der Waals surface area contributed by atoms with Gasteiger partial charge in [-0.25, -0.2) is 9.59 Å². The van der Waals surface area contributed by atoms with Crippen LogP contribution in [0.25, 0.3) is 16.5 Å². The molecular weight excluding hydrogens is 346 g/mol. The zero-order valence-electron chi connectivity index (χ0n) is 16.4. The molecule has 0 saturated heterocycles. The van der Waals surface area contributed by atoms with Crippen molar-refractivity contribution in [3.63, 3.8) is 0 Å². The van der Waals surface area contributed by atoms with E-state index in [-0.39, 0.29) is 12.1 Å². The van der Waals surface area contributed by atoms with Gasteiger partial charge >= 0.3 is 12.1 Å². The molecule has 2 heterocycles. The fraction of sp³-hybridized carbons (Fsp3) is 0.450.